The molecule has 0 atom stereocenters. The van der Waals surface area contributed by atoms with Crippen LogP contribution in [-0.2, 0) is 4.79 Å². The molecular weight excluding hydrogens is 198 g/mol. The Labute approximate surface area is 98.4 Å². The second-order valence-corrected chi connectivity index (χ2v) is 3.47. The Morgan fingerprint density at radius 3 is 2.50 bits per heavy atom. The smallest absolute Gasteiger partial charge is 0.247 e. The summed E-state index contributed by atoms with van der Waals surface area (Å²) in [7, 11) is 0. The fourth-order valence-electron chi connectivity index (χ4n) is 1.17. The molecule has 88 valence electrons. The largest absolute Gasteiger partial charge is 0.323 e. The monoisotopic (exact) mass is 219 g/mol. The van der Waals surface area contributed by atoms with Crippen molar-refractivity contribution in [2.24, 2.45) is 0 Å². The molecule has 0 saturated carbocycles. The Hall–Kier alpha value is -1.57. The van der Waals surface area contributed by atoms with E-state index in [0.29, 0.717) is 5.92 Å². The molecule has 1 aromatic carbocycles. The van der Waals surface area contributed by atoms with Crippen LogP contribution < -0.4 is 5.32 Å². The van der Waals surface area contributed by atoms with Crippen LogP contribution in [0.25, 0.3) is 0 Å². The lowest BCUT2D eigenvalue weighted by Crippen LogP contribution is -2.07. The molecule has 0 bridgehead atoms. The number of rotatable bonds is 3. The standard InChI is InChI=1S/C12H15NO.C2H6/c1-4-12(14)13-11-7-5-6-10(8-11)9(2)3;1-2/h4-9H,1H2,2-3H3,(H,13,14);1-2H3. The number of amides is 1. The summed E-state index contributed by atoms with van der Waals surface area (Å²) in [5, 5.41) is 2.73. The molecule has 16 heavy (non-hydrogen) atoms. The molecule has 0 spiro atoms. The van der Waals surface area contributed by atoms with Crippen LogP contribution in [0.2, 0.25) is 0 Å². The van der Waals surface area contributed by atoms with Gasteiger partial charge in [-0.15, -0.1) is 0 Å². The van der Waals surface area contributed by atoms with E-state index in [2.05, 4.69) is 25.7 Å². The maximum absolute atomic E-state index is 11.0. The minimum atomic E-state index is -0.175. The molecule has 0 radical (unpaired) electrons. The zero-order valence-corrected chi connectivity index (χ0v) is 10.6. The van der Waals surface area contributed by atoms with Crippen LogP contribution >= 0.6 is 0 Å². The first-order valence-corrected chi connectivity index (χ1v) is 5.67. The number of hydrogen-bond donors (Lipinski definition) is 1. The summed E-state index contributed by atoms with van der Waals surface area (Å²) in [6, 6.07) is 7.83. The predicted octanol–water partition coefficient (Wildman–Crippen LogP) is 3.96. The van der Waals surface area contributed by atoms with E-state index < -0.39 is 0 Å². The zero-order valence-electron chi connectivity index (χ0n) is 10.6. The average Bonchev–Trinajstić information content (AvgIpc) is 2.32. The first-order valence-electron chi connectivity index (χ1n) is 5.67. The van der Waals surface area contributed by atoms with Gasteiger partial charge in [0.05, 0.1) is 0 Å². The molecule has 1 rings (SSSR count). The Bertz CT molecular complexity index is 342. The van der Waals surface area contributed by atoms with Crippen molar-refractivity contribution in [1.29, 1.82) is 0 Å². The summed E-state index contributed by atoms with van der Waals surface area (Å²) in [5.41, 5.74) is 2.04. The molecule has 0 unspecified atom stereocenters. The molecule has 2 nitrogen and oxygen atoms in total. The van der Waals surface area contributed by atoms with Crippen LogP contribution in [0.1, 0.15) is 39.2 Å². The average molecular weight is 219 g/mol. The van der Waals surface area contributed by atoms with Gasteiger partial charge in [-0.3, -0.25) is 4.79 Å². The SMILES string of the molecule is C=CC(=O)Nc1cccc(C(C)C)c1.CC. The van der Waals surface area contributed by atoms with E-state index >= 15 is 0 Å². The van der Waals surface area contributed by atoms with Gasteiger partial charge < -0.3 is 5.32 Å². The van der Waals surface area contributed by atoms with Crippen LogP contribution in [0, 0.1) is 0 Å². The normalized spacial score (nSPS) is 9.06. The number of hydrogen-bond acceptors (Lipinski definition) is 1. The molecule has 0 aliphatic carbocycles. The molecule has 1 N–H and O–H groups in total. The molecule has 0 aromatic heterocycles. The van der Waals surface area contributed by atoms with Crippen molar-refractivity contribution >= 4 is 11.6 Å². The summed E-state index contributed by atoms with van der Waals surface area (Å²) in [6.07, 6.45) is 1.27. The lowest BCUT2D eigenvalue weighted by molar-refractivity contribution is -0.111. The van der Waals surface area contributed by atoms with E-state index in [9.17, 15) is 4.79 Å². The van der Waals surface area contributed by atoms with E-state index in [0.717, 1.165) is 5.69 Å². The van der Waals surface area contributed by atoms with Crippen molar-refractivity contribution in [2.75, 3.05) is 5.32 Å². The van der Waals surface area contributed by atoms with Gasteiger partial charge in [0.25, 0.3) is 0 Å². The summed E-state index contributed by atoms with van der Waals surface area (Å²) in [5.74, 6) is 0.293. The number of carbonyl (C=O) groups excluding carboxylic acids is 1. The molecule has 0 heterocycles. The lowest BCUT2D eigenvalue weighted by atomic mass is 10.0. The minimum absolute atomic E-state index is 0.175. The molecule has 2 heteroatoms. The van der Waals surface area contributed by atoms with E-state index in [4.69, 9.17) is 0 Å². The van der Waals surface area contributed by atoms with Gasteiger partial charge in [0.2, 0.25) is 5.91 Å². The zero-order chi connectivity index (χ0) is 12.6. The van der Waals surface area contributed by atoms with Gasteiger partial charge >= 0.3 is 0 Å². The van der Waals surface area contributed by atoms with Crippen LogP contribution in [0.4, 0.5) is 5.69 Å². The van der Waals surface area contributed by atoms with Gasteiger partial charge in [-0.2, -0.15) is 0 Å². The number of benzene rings is 1. The van der Waals surface area contributed by atoms with E-state index in [1.807, 2.05) is 38.1 Å². The Balaban J connectivity index is 0.00000106. The molecule has 0 fully saturated rings. The third-order valence-corrected chi connectivity index (χ3v) is 2.01. The maximum atomic E-state index is 11.0. The summed E-state index contributed by atoms with van der Waals surface area (Å²) >= 11 is 0. The quantitative estimate of drug-likeness (QED) is 0.766. The molecule has 0 aliphatic rings. The topological polar surface area (TPSA) is 29.1 Å². The highest BCUT2D eigenvalue weighted by atomic mass is 16.1. The molecular formula is C14H21NO. The number of carbonyl (C=O) groups is 1. The third kappa shape index (κ3) is 4.78. The van der Waals surface area contributed by atoms with Crippen molar-refractivity contribution < 1.29 is 4.79 Å². The van der Waals surface area contributed by atoms with Gasteiger partial charge in [0.15, 0.2) is 0 Å². The third-order valence-electron chi connectivity index (χ3n) is 2.01. The fraction of sp³-hybridized carbons (Fsp3) is 0.357. The highest BCUT2D eigenvalue weighted by Gasteiger charge is 2.01. The predicted molar refractivity (Wildman–Crippen MR) is 70.7 cm³/mol. The van der Waals surface area contributed by atoms with Crippen LogP contribution in [0.15, 0.2) is 36.9 Å². The van der Waals surface area contributed by atoms with Crippen molar-refractivity contribution in [1.82, 2.24) is 0 Å². The van der Waals surface area contributed by atoms with Crippen molar-refractivity contribution in [3.63, 3.8) is 0 Å². The molecule has 0 aliphatic heterocycles. The van der Waals surface area contributed by atoms with Crippen LogP contribution in [0.5, 0.6) is 0 Å². The summed E-state index contributed by atoms with van der Waals surface area (Å²) in [4.78, 5) is 11.0. The van der Waals surface area contributed by atoms with Gasteiger partial charge in [-0.05, 0) is 29.7 Å². The van der Waals surface area contributed by atoms with Crippen molar-refractivity contribution in [3.8, 4) is 0 Å². The van der Waals surface area contributed by atoms with Gasteiger partial charge in [0, 0.05) is 5.69 Å². The highest BCUT2D eigenvalue weighted by molar-refractivity contribution is 5.98. The minimum Gasteiger partial charge on any atom is -0.323 e. The highest BCUT2D eigenvalue weighted by Crippen LogP contribution is 2.18. The second-order valence-electron chi connectivity index (χ2n) is 3.47. The Kier molecular flexibility index (Phi) is 6.93. The summed E-state index contributed by atoms with van der Waals surface area (Å²) < 4.78 is 0. The number of anilines is 1. The van der Waals surface area contributed by atoms with Gasteiger partial charge in [-0.25, -0.2) is 0 Å². The van der Waals surface area contributed by atoms with E-state index in [1.54, 1.807) is 0 Å². The molecule has 1 aromatic rings. The van der Waals surface area contributed by atoms with Crippen LogP contribution in [0.3, 0.4) is 0 Å². The number of nitrogens with one attached hydrogen (secondary N) is 1. The van der Waals surface area contributed by atoms with Crippen LogP contribution in [-0.4, -0.2) is 5.91 Å². The maximum Gasteiger partial charge on any atom is 0.247 e. The molecule has 0 saturated heterocycles. The Morgan fingerprint density at radius 1 is 1.38 bits per heavy atom. The van der Waals surface area contributed by atoms with Gasteiger partial charge in [0.1, 0.15) is 0 Å². The van der Waals surface area contributed by atoms with E-state index in [1.165, 1.54) is 11.6 Å². The first kappa shape index (κ1) is 14.4. The van der Waals surface area contributed by atoms with Crippen molar-refractivity contribution in [2.45, 2.75) is 33.6 Å². The second kappa shape index (κ2) is 7.69. The first-order chi connectivity index (χ1) is 7.63. The van der Waals surface area contributed by atoms with Gasteiger partial charge in [-0.1, -0.05) is 46.4 Å². The van der Waals surface area contributed by atoms with E-state index in [-0.39, 0.29) is 5.91 Å². The van der Waals surface area contributed by atoms with Crippen molar-refractivity contribution in [3.05, 3.63) is 42.5 Å². The summed E-state index contributed by atoms with van der Waals surface area (Å²) in [6.45, 7) is 11.6. The fourth-order valence-corrected chi connectivity index (χ4v) is 1.17. The molecule has 1 amide bonds. The Morgan fingerprint density at radius 2 is 2.00 bits per heavy atom. The lowest BCUT2D eigenvalue weighted by Gasteiger charge is -2.08.